The number of methoxy groups -OCH3 is 2. The standard InChI is InChI=1S/C19H28O6/c1-16(11-12-23-14-21-2)18(9-10-19(20)22-3)25-15-24-13-17-7-5-4-6-8-17/h4-10,16,18H,11-15H2,1-3H3/b10-9+/t16-,18+/m0/s1. The van der Waals surface area contributed by atoms with E-state index in [9.17, 15) is 4.79 Å². The fraction of sp³-hybridized carbons (Fsp3) is 0.526. The second-order valence-electron chi connectivity index (χ2n) is 5.55. The molecule has 0 aliphatic heterocycles. The summed E-state index contributed by atoms with van der Waals surface area (Å²) in [5, 5.41) is 0. The molecule has 6 heteroatoms. The molecule has 140 valence electrons. The van der Waals surface area contributed by atoms with E-state index in [0.717, 1.165) is 12.0 Å². The molecule has 0 radical (unpaired) electrons. The Labute approximate surface area is 149 Å². The zero-order valence-electron chi connectivity index (χ0n) is 15.2. The molecule has 0 bridgehead atoms. The predicted octanol–water partition coefficient (Wildman–Crippen LogP) is 2.92. The van der Waals surface area contributed by atoms with Crippen LogP contribution in [-0.2, 0) is 35.1 Å². The van der Waals surface area contributed by atoms with Gasteiger partial charge < -0.3 is 23.7 Å². The molecule has 0 aromatic heterocycles. The van der Waals surface area contributed by atoms with Crippen molar-refractivity contribution in [3.8, 4) is 0 Å². The van der Waals surface area contributed by atoms with E-state index in [2.05, 4.69) is 4.74 Å². The molecule has 1 aromatic rings. The quantitative estimate of drug-likeness (QED) is 0.235. The third-order valence-corrected chi connectivity index (χ3v) is 3.56. The molecule has 0 fully saturated rings. The number of carbonyl (C=O) groups is 1. The first-order valence-corrected chi connectivity index (χ1v) is 8.23. The molecule has 0 saturated heterocycles. The van der Waals surface area contributed by atoms with Crippen molar-refractivity contribution in [2.75, 3.05) is 34.4 Å². The molecule has 6 nitrogen and oxygen atoms in total. The zero-order valence-corrected chi connectivity index (χ0v) is 15.2. The maximum atomic E-state index is 11.3. The lowest BCUT2D eigenvalue weighted by atomic mass is 10.0. The highest BCUT2D eigenvalue weighted by atomic mass is 16.7. The summed E-state index contributed by atoms with van der Waals surface area (Å²) in [5.41, 5.74) is 1.08. The summed E-state index contributed by atoms with van der Waals surface area (Å²) in [5.74, 6) is -0.278. The number of hydrogen-bond donors (Lipinski definition) is 0. The Hall–Kier alpha value is -1.73. The van der Waals surface area contributed by atoms with Crippen LogP contribution in [0.25, 0.3) is 0 Å². The van der Waals surface area contributed by atoms with Crippen molar-refractivity contribution in [1.82, 2.24) is 0 Å². The average Bonchev–Trinajstić information content (AvgIpc) is 2.65. The second kappa shape index (κ2) is 13.5. The van der Waals surface area contributed by atoms with Crippen LogP contribution in [0.2, 0.25) is 0 Å². The first kappa shape index (κ1) is 21.3. The van der Waals surface area contributed by atoms with Gasteiger partial charge in [0.1, 0.15) is 13.6 Å². The van der Waals surface area contributed by atoms with Crippen LogP contribution < -0.4 is 0 Å². The van der Waals surface area contributed by atoms with E-state index >= 15 is 0 Å². The van der Waals surface area contributed by atoms with E-state index < -0.39 is 5.97 Å². The van der Waals surface area contributed by atoms with Gasteiger partial charge in [0.25, 0.3) is 0 Å². The summed E-state index contributed by atoms with van der Waals surface area (Å²) in [6, 6.07) is 9.86. The molecule has 25 heavy (non-hydrogen) atoms. The van der Waals surface area contributed by atoms with Crippen molar-refractivity contribution in [2.24, 2.45) is 5.92 Å². The smallest absolute Gasteiger partial charge is 0.330 e. The SMILES string of the molecule is COCOCC[C@H](C)[C@@H](/C=C/C(=O)OC)OCOCc1ccccc1. The van der Waals surface area contributed by atoms with Gasteiger partial charge >= 0.3 is 5.97 Å². The molecule has 0 amide bonds. The van der Waals surface area contributed by atoms with Crippen LogP contribution in [0, 0.1) is 5.92 Å². The molecule has 2 atom stereocenters. The molecule has 1 aromatic carbocycles. The Bertz CT molecular complexity index is 488. The monoisotopic (exact) mass is 352 g/mol. The topological polar surface area (TPSA) is 63.2 Å². The van der Waals surface area contributed by atoms with Gasteiger partial charge in [-0.15, -0.1) is 0 Å². The molecule has 0 spiro atoms. The van der Waals surface area contributed by atoms with Crippen LogP contribution in [0.4, 0.5) is 0 Å². The van der Waals surface area contributed by atoms with E-state index in [0.29, 0.717) is 13.2 Å². The van der Waals surface area contributed by atoms with E-state index in [1.165, 1.54) is 13.2 Å². The minimum Gasteiger partial charge on any atom is -0.466 e. The summed E-state index contributed by atoms with van der Waals surface area (Å²) < 4.78 is 26.1. The van der Waals surface area contributed by atoms with E-state index in [4.69, 9.17) is 18.9 Å². The Balaban J connectivity index is 2.43. The highest BCUT2D eigenvalue weighted by molar-refractivity contribution is 5.81. The van der Waals surface area contributed by atoms with Gasteiger partial charge in [0, 0.05) is 19.8 Å². The van der Waals surface area contributed by atoms with Gasteiger partial charge in [0.15, 0.2) is 0 Å². The Kier molecular flexibility index (Phi) is 11.6. The van der Waals surface area contributed by atoms with Crippen LogP contribution in [-0.4, -0.2) is 46.5 Å². The van der Waals surface area contributed by atoms with E-state index in [1.54, 1.807) is 13.2 Å². The van der Waals surface area contributed by atoms with E-state index in [-0.39, 0.29) is 25.6 Å². The van der Waals surface area contributed by atoms with Crippen molar-refractivity contribution in [1.29, 1.82) is 0 Å². The lowest BCUT2D eigenvalue weighted by Crippen LogP contribution is -2.23. The molecular weight excluding hydrogens is 324 g/mol. The molecule has 0 N–H and O–H groups in total. The second-order valence-corrected chi connectivity index (χ2v) is 5.55. The minimum absolute atomic E-state index is 0.133. The molecule has 0 saturated carbocycles. The first-order chi connectivity index (χ1) is 12.2. The normalized spacial score (nSPS) is 13.7. The summed E-state index contributed by atoms with van der Waals surface area (Å²) in [6.45, 7) is 3.44. The van der Waals surface area contributed by atoms with Crippen molar-refractivity contribution >= 4 is 5.97 Å². The molecule has 0 aliphatic rings. The third kappa shape index (κ3) is 9.99. The molecule has 0 heterocycles. The summed E-state index contributed by atoms with van der Waals surface area (Å²) in [7, 11) is 2.92. The largest absolute Gasteiger partial charge is 0.466 e. The Morgan fingerprint density at radius 2 is 1.88 bits per heavy atom. The van der Waals surface area contributed by atoms with Crippen molar-refractivity contribution < 1.29 is 28.5 Å². The number of ether oxygens (including phenoxy) is 5. The summed E-state index contributed by atoms with van der Waals surface area (Å²) in [6.07, 6.45) is 3.55. The highest BCUT2D eigenvalue weighted by Crippen LogP contribution is 2.14. The van der Waals surface area contributed by atoms with Gasteiger partial charge in [-0.3, -0.25) is 0 Å². The van der Waals surface area contributed by atoms with Crippen molar-refractivity contribution in [3.63, 3.8) is 0 Å². The fourth-order valence-electron chi connectivity index (χ4n) is 2.09. The van der Waals surface area contributed by atoms with Gasteiger partial charge in [-0.1, -0.05) is 37.3 Å². The van der Waals surface area contributed by atoms with Crippen molar-refractivity contribution in [2.45, 2.75) is 26.1 Å². The summed E-state index contributed by atoms with van der Waals surface area (Å²) >= 11 is 0. The average molecular weight is 352 g/mol. The van der Waals surface area contributed by atoms with Crippen LogP contribution in [0.3, 0.4) is 0 Å². The maximum absolute atomic E-state index is 11.3. The van der Waals surface area contributed by atoms with Crippen molar-refractivity contribution in [3.05, 3.63) is 48.0 Å². The third-order valence-electron chi connectivity index (χ3n) is 3.56. The van der Waals surface area contributed by atoms with Gasteiger partial charge in [-0.25, -0.2) is 4.79 Å². The Morgan fingerprint density at radius 3 is 2.56 bits per heavy atom. The fourth-order valence-corrected chi connectivity index (χ4v) is 2.09. The van der Waals surface area contributed by atoms with Crippen LogP contribution in [0.5, 0.6) is 0 Å². The number of benzene rings is 1. The summed E-state index contributed by atoms with van der Waals surface area (Å²) in [4.78, 5) is 11.3. The highest BCUT2D eigenvalue weighted by Gasteiger charge is 2.16. The van der Waals surface area contributed by atoms with Gasteiger partial charge in [-0.05, 0) is 24.0 Å². The van der Waals surface area contributed by atoms with Crippen LogP contribution in [0.15, 0.2) is 42.5 Å². The number of esters is 1. The van der Waals surface area contributed by atoms with E-state index in [1.807, 2.05) is 37.3 Å². The van der Waals surface area contributed by atoms with Gasteiger partial charge in [-0.2, -0.15) is 0 Å². The number of carbonyl (C=O) groups excluding carboxylic acids is 1. The molecular formula is C19H28O6. The molecule has 0 aliphatic carbocycles. The predicted molar refractivity (Wildman–Crippen MR) is 93.7 cm³/mol. The first-order valence-electron chi connectivity index (χ1n) is 8.23. The van der Waals surface area contributed by atoms with Gasteiger partial charge in [0.05, 0.1) is 19.8 Å². The lowest BCUT2D eigenvalue weighted by molar-refractivity contribution is -0.135. The number of rotatable bonds is 13. The minimum atomic E-state index is -0.415. The maximum Gasteiger partial charge on any atom is 0.330 e. The molecule has 0 unspecified atom stereocenters. The Morgan fingerprint density at radius 1 is 1.12 bits per heavy atom. The van der Waals surface area contributed by atoms with Crippen LogP contribution in [0.1, 0.15) is 18.9 Å². The van der Waals surface area contributed by atoms with Gasteiger partial charge in [0.2, 0.25) is 0 Å². The molecule has 1 rings (SSSR count). The lowest BCUT2D eigenvalue weighted by Gasteiger charge is -2.21. The number of hydrogen-bond acceptors (Lipinski definition) is 6. The zero-order chi connectivity index (χ0) is 18.3. The van der Waals surface area contributed by atoms with Crippen LogP contribution >= 0.6 is 0 Å².